The first-order chi connectivity index (χ1) is 7.02. The molecule has 0 saturated carbocycles. The van der Waals surface area contributed by atoms with Gasteiger partial charge in [-0.3, -0.25) is 9.69 Å². The maximum absolute atomic E-state index is 10.9. The topological polar surface area (TPSA) is 66.6 Å². The second kappa shape index (κ2) is 5.47. The van der Waals surface area contributed by atoms with Crippen LogP contribution in [0.4, 0.5) is 0 Å². The van der Waals surface area contributed by atoms with Crippen molar-refractivity contribution in [2.45, 2.75) is 45.2 Å². The highest BCUT2D eigenvalue weighted by Crippen LogP contribution is 2.20. The first kappa shape index (κ1) is 12.5. The van der Waals surface area contributed by atoms with Crippen molar-refractivity contribution in [3.63, 3.8) is 0 Å². The molecule has 1 aliphatic rings. The van der Waals surface area contributed by atoms with E-state index in [0.717, 1.165) is 32.4 Å². The molecule has 1 heterocycles. The van der Waals surface area contributed by atoms with Crippen molar-refractivity contribution in [3.8, 4) is 0 Å². The Morgan fingerprint density at radius 3 is 2.73 bits per heavy atom. The van der Waals surface area contributed by atoms with Crippen LogP contribution in [0.25, 0.3) is 0 Å². The summed E-state index contributed by atoms with van der Waals surface area (Å²) in [7, 11) is 0. The van der Waals surface area contributed by atoms with Gasteiger partial charge in [-0.25, -0.2) is 0 Å². The Morgan fingerprint density at radius 1 is 1.53 bits per heavy atom. The second-order valence-corrected chi connectivity index (χ2v) is 4.82. The molecule has 88 valence electrons. The number of carboxylic acid groups (broad SMARTS) is 1. The van der Waals surface area contributed by atoms with Gasteiger partial charge in [0.15, 0.2) is 0 Å². The normalized spacial score (nSPS) is 25.5. The Hall–Kier alpha value is -0.610. The molecule has 0 aliphatic carbocycles. The van der Waals surface area contributed by atoms with E-state index in [0.29, 0.717) is 5.92 Å². The summed E-state index contributed by atoms with van der Waals surface area (Å²) in [5.41, 5.74) is 5.72. The average molecular weight is 214 g/mol. The van der Waals surface area contributed by atoms with E-state index in [4.69, 9.17) is 10.8 Å². The third-order valence-electron chi connectivity index (χ3n) is 2.96. The van der Waals surface area contributed by atoms with Crippen molar-refractivity contribution in [1.29, 1.82) is 0 Å². The Bertz CT molecular complexity index is 219. The molecule has 0 aromatic heterocycles. The van der Waals surface area contributed by atoms with Crippen molar-refractivity contribution in [2.24, 2.45) is 11.7 Å². The van der Waals surface area contributed by atoms with E-state index in [9.17, 15) is 4.79 Å². The van der Waals surface area contributed by atoms with Crippen molar-refractivity contribution in [1.82, 2.24) is 4.90 Å². The van der Waals surface area contributed by atoms with E-state index in [2.05, 4.69) is 18.7 Å². The average Bonchev–Trinajstić information content (AvgIpc) is 2.16. The van der Waals surface area contributed by atoms with Gasteiger partial charge >= 0.3 is 5.97 Å². The summed E-state index contributed by atoms with van der Waals surface area (Å²) in [4.78, 5) is 13.1. The molecule has 0 bridgehead atoms. The summed E-state index contributed by atoms with van der Waals surface area (Å²) in [5.74, 6) is -0.317. The molecule has 2 unspecified atom stereocenters. The van der Waals surface area contributed by atoms with Crippen molar-refractivity contribution in [3.05, 3.63) is 0 Å². The van der Waals surface area contributed by atoms with E-state index >= 15 is 0 Å². The quantitative estimate of drug-likeness (QED) is 0.730. The third-order valence-corrected chi connectivity index (χ3v) is 2.96. The molecule has 1 aliphatic heterocycles. The monoisotopic (exact) mass is 214 g/mol. The van der Waals surface area contributed by atoms with Crippen LogP contribution in [-0.4, -0.2) is 41.1 Å². The first-order valence-corrected chi connectivity index (χ1v) is 5.74. The van der Waals surface area contributed by atoms with Gasteiger partial charge in [-0.05, 0) is 25.3 Å². The SMILES string of the molecule is CC(C)CN1CCCCC1C(N)C(=O)O. The molecule has 1 rings (SSSR count). The van der Waals surface area contributed by atoms with E-state index in [1.54, 1.807) is 0 Å². The maximum Gasteiger partial charge on any atom is 0.322 e. The summed E-state index contributed by atoms with van der Waals surface area (Å²) in [6.07, 6.45) is 3.18. The van der Waals surface area contributed by atoms with Gasteiger partial charge in [0.05, 0.1) is 0 Å². The lowest BCUT2D eigenvalue weighted by molar-refractivity contribution is -0.140. The van der Waals surface area contributed by atoms with Gasteiger partial charge in [0.25, 0.3) is 0 Å². The van der Waals surface area contributed by atoms with Crippen molar-refractivity contribution in [2.75, 3.05) is 13.1 Å². The first-order valence-electron chi connectivity index (χ1n) is 5.74. The number of nitrogens with zero attached hydrogens (tertiary/aromatic N) is 1. The van der Waals surface area contributed by atoms with Crippen molar-refractivity contribution < 1.29 is 9.90 Å². The number of carbonyl (C=O) groups is 1. The predicted octanol–water partition coefficient (Wildman–Crippen LogP) is 0.909. The van der Waals surface area contributed by atoms with Gasteiger partial charge in [0, 0.05) is 12.6 Å². The van der Waals surface area contributed by atoms with Crippen LogP contribution in [0.3, 0.4) is 0 Å². The summed E-state index contributed by atoms with van der Waals surface area (Å²) in [5, 5.41) is 8.93. The van der Waals surface area contributed by atoms with Crippen LogP contribution < -0.4 is 5.73 Å². The molecule has 0 radical (unpaired) electrons. The molecule has 0 aromatic carbocycles. The van der Waals surface area contributed by atoms with E-state index < -0.39 is 12.0 Å². The maximum atomic E-state index is 10.9. The summed E-state index contributed by atoms with van der Waals surface area (Å²) >= 11 is 0. The Labute approximate surface area is 91.4 Å². The van der Waals surface area contributed by atoms with Crippen LogP contribution in [-0.2, 0) is 4.79 Å². The lowest BCUT2D eigenvalue weighted by Gasteiger charge is -2.38. The minimum Gasteiger partial charge on any atom is -0.480 e. The lowest BCUT2D eigenvalue weighted by Crippen LogP contribution is -2.54. The summed E-state index contributed by atoms with van der Waals surface area (Å²) in [6.45, 7) is 6.24. The number of carboxylic acids is 1. The van der Waals surface area contributed by atoms with Gasteiger partial charge < -0.3 is 10.8 Å². The number of piperidine rings is 1. The molecule has 4 heteroatoms. The molecule has 1 saturated heterocycles. The highest BCUT2D eigenvalue weighted by molar-refractivity contribution is 5.74. The molecule has 0 spiro atoms. The van der Waals surface area contributed by atoms with Gasteiger partial charge in [0.1, 0.15) is 6.04 Å². The van der Waals surface area contributed by atoms with E-state index in [-0.39, 0.29) is 6.04 Å². The molecular weight excluding hydrogens is 192 g/mol. The van der Waals surface area contributed by atoms with Gasteiger partial charge in [-0.1, -0.05) is 20.3 Å². The number of hydrogen-bond acceptors (Lipinski definition) is 3. The van der Waals surface area contributed by atoms with Gasteiger partial charge in [-0.15, -0.1) is 0 Å². The Kier molecular flexibility index (Phi) is 4.54. The Morgan fingerprint density at radius 2 is 2.20 bits per heavy atom. The highest BCUT2D eigenvalue weighted by Gasteiger charge is 2.31. The Balaban J connectivity index is 2.60. The zero-order valence-electron chi connectivity index (χ0n) is 9.65. The number of rotatable bonds is 4. The minimum atomic E-state index is -0.879. The molecule has 0 amide bonds. The predicted molar refractivity (Wildman–Crippen MR) is 59.7 cm³/mol. The van der Waals surface area contributed by atoms with Crippen LogP contribution in [0.5, 0.6) is 0 Å². The number of aliphatic carboxylic acids is 1. The lowest BCUT2D eigenvalue weighted by atomic mass is 9.95. The summed E-state index contributed by atoms with van der Waals surface area (Å²) in [6, 6.07) is -0.706. The molecule has 15 heavy (non-hydrogen) atoms. The number of likely N-dealkylation sites (tertiary alicyclic amines) is 1. The fourth-order valence-corrected chi connectivity index (χ4v) is 2.28. The fourth-order valence-electron chi connectivity index (χ4n) is 2.28. The summed E-state index contributed by atoms with van der Waals surface area (Å²) < 4.78 is 0. The zero-order chi connectivity index (χ0) is 11.4. The van der Waals surface area contributed by atoms with Crippen LogP contribution in [0.2, 0.25) is 0 Å². The van der Waals surface area contributed by atoms with E-state index in [1.807, 2.05) is 0 Å². The van der Waals surface area contributed by atoms with Crippen LogP contribution in [0.1, 0.15) is 33.1 Å². The molecule has 4 nitrogen and oxygen atoms in total. The second-order valence-electron chi connectivity index (χ2n) is 4.82. The molecule has 2 atom stereocenters. The van der Waals surface area contributed by atoms with Gasteiger partial charge in [0.2, 0.25) is 0 Å². The van der Waals surface area contributed by atoms with Crippen LogP contribution in [0, 0.1) is 5.92 Å². The smallest absolute Gasteiger partial charge is 0.322 e. The number of hydrogen-bond donors (Lipinski definition) is 2. The minimum absolute atomic E-state index is 0.0265. The van der Waals surface area contributed by atoms with Crippen LogP contribution in [0.15, 0.2) is 0 Å². The standard InChI is InChI=1S/C11H22N2O2/c1-8(2)7-13-6-4-3-5-9(13)10(12)11(14)15/h8-10H,3-7,12H2,1-2H3,(H,14,15). The number of nitrogens with two attached hydrogens (primary N) is 1. The van der Waals surface area contributed by atoms with Gasteiger partial charge in [-0.2, -0.15) is 0 Å². The third kappa shape index (κ3) is 3.47. The molecular formula is C11H22N2O2. The van der Waals surface area contributed by atoms with Crippen molar-refractivity contribution >= 4 is 5.97 Å². The largest absolute Gasteiger partial charge is 0.480 e. The zero-order valence-corrected chi connectivity index (χ0v) is 9.65. The van der Waals surface area contributed by atoms with Crippen LogP contribution >= 0.6 is 0 Å². The van der Waals surface area contributed by atoms with E-state index in [1.165, 1.54) is 0 Å². The molecule has 3 N–H and O–H groups in total. The fraction of sp³-hybridized carbons (Fsp3) is 0.909. The molecule has 1 fully saturated rings. The molecule has 0 aromatic rings. The highest BCUT2D eigenvalue weighted by atomic mass is 16.4.